The van der Waals surface area contributed by atoms with Crippen LogP contribution in [0.5, 0.6) is 0 Å². The summed E-state index contributed by atoms with van der Waals surface area (Å²) in [6, 6.07) is 1.59. The van der Waals surface area contributed by atoms with Crippen LogP contribution in [-0.4, -0.2) is 67.1 Å². The van der Waals surface area contributed by atoms with E-state index in [2.05, 4.69) is 25.4 Å². The summed E-state index contributed by atoms with van der Waals surface area (Å²) in [6.07, 6.45) is 2.40. The molecule has 0 spiro atoms. The van der Waals surface area contributed by atoms with Gasteiger partial charge in [0.2, 0.25) is 11.8 Å². The number of aliphatic hydroxyl groups excluding tert-OH is 1. The summed E-state index contributed by atoms with van der Waals surface area (Å²) in [6.45, 7) is 2.32. The Morgan fingerprint density at radius 2 is 2.19 bits per heavy atom. The minimum absolute atomic E-state index is 0.0587. The topological polar surface area (TPSA) is 126 Å². The molecule has 1 aliphatic rings. The average molecular weight is 376 g/mol. The van der Waals surface area contributed by atoms with Crippen LogP contribution in [0.25, 0.3) is 0 Å². The van der Waals surface area contributed by atoms with Crippen LogP contribution in [0, 0.1) is 6.92 Å². The van der Waals surface area contributed by atoms with Crippen molar-refractivity contribution in [2.24, 2.45) is 7.05 Å². The van der Waals surface area contributed by atoms with Crippen molar-refractivity contribution in [1.82, 2.24) is 30.3 Å². The number of aromatic nitrogens is 4. The fraction of sp³-hybridized carbons (Fsp3) is 0.588. The van der Waals surface area contributed by atoms with Gasteiger partial charge in [-0.1, -0.05) is 10.3 Å². The maximum absolute atomic E-state index is 12.5. The van der Waals surface area contributed by atoms with Gasteiger partial charge in [-0.15, -0.1) is 0 Å². The first-order chi connectivity index (χ1) is 12.9. The van der Waals surface area contributed by atoms with Crippen molar-refractivity contribution in [1.29, 1.82) is 0 Å². The Morgan fingerprint density at radius 1 is 1.37 bits per heavy atom. The summed E-state index contributed by atoms with van der Waals surface area (Å²) >= 11 is 0. The fourth-order valence-corrected chi connectivity index (χ4v) is 3.23. The molecule has 27 heavy (non-hydrogen) atoms. The highest BCUT2D eigenvalue weighted by Gasteiger charge is 2.30. The molecule has 2 aromatic heterocycles. The lowest BCUT2D eigenvalue weighted by Crippen LogP contribution is -2.54. The van der Waals surface area contributed by atoms with Gasteiger partial charge in [-0.2, -0.15) is 5.10 Å². The van der Waals surface area contributed by atoms with Crippen molar-refractivity contribution in [3.05, 3.63) is 29.3 Å². The number of β-amino-alcohol motifs (C(OH)–C–C–N with tert-alkyl or cyclic N) is 1. The third kappa shape index (κ3) is 4.91. The molecule has 2 N–H and O–H groups in total. The molecular weight excluding hydrogens is 352 g/mol. The highest BCUT2D eigenvalue weighted by atomic mass is 16.6. The van der Waals surface area contributed by atoms with Crippen molar-refractivity contribution in [2.75, 3.05) is 13.1 Å². The second-order valence-corrected chi connectivity index (χ2v) is 6.87. The second kappa shape index (κ2) is 8.30. The molecule has 0 radical (unpaired) electrons. The molecular formula is C17H24N6O4. The molecule has 1 aliphatic heterocycles. The van der Waals surface area contributed by atoms with Crippen LogP contribution in [0.15, 0.2) is 16.9 Å². The zero-order chi connectivity index (χ0) is 19.4. The van der Waals surface area contributed by atoms with Gasteiger partial charge in [-0.3, -0.25) is 14.3 Å². The minimum Gasteiger partial charge on any atom is -0.391 e. The predicted molar refractivity (Wildman–Crippen MR) is 93.4 cm³/mol. The van der Waals surface area contributed by atoms with Crippen LogP contribution in [0.1, 0.15) is 29.9 Å². The molecule has 3 heterocycles. The molecule has 2 atom stereocenters. The summed E-state index contributed by atoms with van der Waals surface area (Å²) in [5.74, 6) is -0.291. The van der Waals surface area contributed by atoms with Crippen molar-refractivity contribution in [3.8, 4) is 0 Å². The van der Waals surface area contributed by atoms with E-state index in [1.807, 2.05) is 13.1 Å². The van der Waals surface area contributed by atoms with E-state index in [1.165, 1.54) is 0 Å². The van der Waals surface area contributed by atoms with E-state index in [-0.39, 0.29) is 30.8 Å². The van der Waals surface area contributed by atoms with Crippen molar-refractivity contribution >= 4 is 11.8 Å². The molecule has 2 aromatic rings. The number of nitrogens with zero attached hydrogens (tertiary/aromatic N) is 5. The Labute approximate surface area is 156 Å². The molecule has 0 aliphatic carbocycles. The quantitative estimate of drug-likeness (QED) is 0.687. The van der Waals surface area contributed by atoms with E-state index in [1.54, 1.807) is 22.7 Å². The van der Waals surface area contributed by atoms with Gasteiger partial charge < -0.3 is 15.3 Å². The Hall–Kier alpha value is -2.75. The van der Waals surface area contributed by atoms with E-state index >= 15 is 0 Å². The van der Waals surface area contributed by atoms with Gasteiger partial charge in [-0.05, 0) is 25.8 Å². The standard InChI is InChI=1S/C17H24N6O4/c1-11-15(21-27-20-11)8-17(26)23-9-12(7-14(24)10-23)19-16(25)4-3-13-5-6-18-22(13)2/h5-6,12,14,24H,3-4,7-10H2,1-2H3,(H,19,25)/t12-,14+/m0/s1. The normalized spacial score (nSPS) is 19.9. The number of carbonyl (C=O) groups excluding carboxylic acids is 2. The Balaban J connectivity index is 1.51. The zero-order valence-electron chi connectivity index (χ0n) is 15.5. The molecule has 10 nitrogen and oxygen atoms in total. The third-order valence-corrected chi connectivity index (χ3v) is 4.74. The molecule has 0 saturated carbocycles. The third-order valence-electron chi connectivity index (χ3n) is 4.74. The first-order valence-electron chi connectivity index (χ1n) is 8.92. The van der Waals surface area contributed by atoms with Gasteiger partial charge in [-0.25, -0.2) is 4.63 Å². The summed E-state index contributed by atoms with van der Waals surface area (Å²) < 4.78 is 6.35. The molecule has 3 rings (SSSR count). The van der Waals surface area contributed by atoms with E-state index in [9.17, 15) is 14.7 Å². The molecule has 0 aromatic carbocycles. The summed E-state index contributed by atoms with van der Waals surface area (Å²) in [5.41, 5.74) is 2.03. The number of hydrogen-bond acceptors (Lipinski definition) is 7. The number of aryl methyl sites for hydroxylation is 3. The van der Waals surface area contributed by atoms with Gasteiger partial charge in [0, 0.05) is 44.5 Å². The second-order valence-electron chi connectivity index (χ2n) is 6.87. The van der Waals surface area contributed by atoms with E-state index in [0.717, 1.165) is 5.69 Å². The summed E-state index contributed by atoms with van der Waals surface area (Å²) in [7, 11) is 1.83. The van der Waals surface area contributed by atoms with Crippen LogP contribution in [-0.2, 0) is 29.5 Å². The maximum atomic E-state index is 12.5. The van der Waals surface area contributed by atoms with Gasteiger partial charge in [0.1, 0.15) is 11.4 Å². The molecule has 2 amide bonds. The Morgan fingerprint density at radius 3 is 2.85 bits per heavy atom. The van der Waals surface area contributed by atoms with Gasteiger partial charge in [0.15, 0.2) is 0 Å². The SMILES string of the molecule is Cc1nonc1CC(=O)N1C[C@H](O)C[C@H](NC(=O)CCc2ccnn2C)C1. The lowest BCUT2D eigenvalue weighted by molar-refractivity contribution is -0.135. The molecule has 1 fully saturated rings. The molecule has 0 bridgehead atoms. The van der Waals surface area contributed by atoms with E-state index < -0.39 is 6.10 Å². The number of carbonyl (C=O) groups is 2. The smallest absolute Gasteiger partial charge is 0.228 e. The Kier molecular flexibility index (Phi) is 5.84. The number of amides is 2. The summed E-state index contributed by atoms with van der Waals surface area (Å²) in [5, 5.41) is 24.5. The number of hydrogen-bond donors (Lipinski definition) is 2. The van der Waals surface area contributed by atoms with Gasteiger partial charge in [0.05, 0.1) is 12.5 Å². The molecule has 10 heteroatoms. The van der Waals surface area contributed by atoms with Gasteiger partial charge in [0.25, 0.3) is 0 Å². The maximum Gasteiger partial charge on any atom is 0.228 e. The van der Waals surface area contributed by atoms with Gasteiger partial charge >= 0.3 is 0 Å². The highest BCUT2D eigenvalue weighted by molar-refractivity contribution is 5.79. The molecule has 146 valence electrons. The lowest BCUT2D eigenvalue weighted by Gasteiger charge is -2.36. The first kappa shape index (κ1) is 19.0. The monoisotopic (exact) mass is 376 g/mol. The number of piperidine rings is 1. The fourth-order valence-electron chi connectivity index (χ4n) is 3.23. The molecule has 1 saturated heterocycles. The molecule has 0 unspecified atom stereocenters. The van der Waals surface area contributed by atoms with E-state index in [4.69, 9.17) is 0 Å². The van der Waals surface area contributed by atoms with Crippen molar-refractivity contribution in [2.45, 2.75) is 44.8 Å². The van der Waals surface area contributed by atoms with Crippen LogP contribution < -0.4 is 5.32 Å². The lowest BCUT2D eigenvalue weighted by atomic mass is 10.0. The largest absolute Gasteiger partial charge is 0.391 e. The number of nitrogens with one attached hydrogen (secondary N) is 1. The predicted octanol–water partition coefficient (Wildman–Crippen LogP) is -0.635. The van der Waals surface area contributed by atoms with Crippen molar-refractivity contribution < 1.29 is 19.3 Å². The van der Waals surface area contributed by atoms with E-state index in [0.29, 0.717) is 37.2 Å². The number of rotatable bonds is 6. The van der Waals surface area contributed by atoms with Crippen molar-refractivity contribution in [3.63, 3.8) is 0 Å². The number of likely N-dealkylation sites (tertiary alicyclic amines) is 1. The summed E-state index contributed by atoms with van der Waals surface area (Å²) in [4.78, 5) is 26.3. The number of aliphatic hydroxyl groups is 1. The van der Waals surface area contributed by atoms with Crippen LogP contribution in [0.2, 0.25) is 0 Å². The minimum atomic E-state index is -0.679. The van der Waals surface area contributed by atoms with Crippen LogP contribution in [0.3, 0.4) is 0 Å². The average Bonchev–Trinajstić information content (AvgIpc) is 3.21. The van der Waals surface area contributed by atoms with Crippen LogP contribution in [0.4, 0.5) is 0 Å². The highest BCUT2D eigenvalue weighted by Crippen LogP contribution is 2.14. The first-order valence-corrected chi connectivity index (χ1v) is 8.92. The Bertz CT molecular complexity index is 801. The zero-order valence-corrected chi connectivity index (χ0v) is 15.5. The van der Waals surface area contributed by atoms with Crippen LogP contribution >= 0.6 is 0 Å².